The van der Waals surface area contributed by atoms with Gasteiger partial charge in [0.25, 0.3) is 5.91 Å². The van der Waals surface area contributed by atoms with Crippen LogP contribution >= 0.6 is 0 Å². The van der Waals surface area contributed by atoms with Gasteiger partial charge in [0.2, 0.25) is 51.4 Å². The zero-order valence-electron chi connectivity index (χ0n) is 59.0. The van der Waals surface area contributed by atoms with Gasteiger partial charge < -0.3 is 67.4 Å². The number of nitrogens with zero attached hydrogens (tertiary/aromatic N) is 3. The summed E-state index contributed by atoms with van der Waals surface area (Å²) in [6.07, 6.45) is 9.21. The molecule has 2 fully saturated rings. The van der Waals surface area contributed by atoms with Gasteiger partial charge in [0.05, 0.1) is 41.9 Å². The molecule has 1 aliphatic heterocycles. The third kappa shape index (κ3) is 25.9. The van der Waals surface area contributed by atoms with Crippen LogP contribution < -0.4 is 48.1 Å². The number of carbonyl (C=O) groups is 10. The molecule has 540 valence electrons. The lowest BCUT2D eigenvalue weighted by molar-refractivity contribution is -0.148. The van der Waals surface area contributed by atoms with E-state index in [1.54, 1.807) is 110 Å². The molecule has 27 nitrogen and oxygen atoms in total. The quantitative estimate of drug-likeness (QED) is 0.0306. The van der Waals surface area contributed by atoms with Crippen LogP contribution in [0.15, 0.2) is 60.7 Å². The number of unbranched alkanes of at least 4 members (excludes halogenated alkanes) is 2. The second-order valence-electron chi connectivity index (χ2n) is 26.2. The summed E-state index contributed by atoms with van der Waals surface area (Å²) in [5, 5.41) is 15.8. The number of anilines is 1. The Morgan fingerprint density at radius 2 is 1.40 bits per heavy atom. The molecule has 0 bridgehead atoms. The number of nitrogens with two attached hydrogens (primary N) is 2. The van der Waals surface area contributed by atoms with Gasteiger partial charge in [-0.25, -0.2) is 18.0 Å². The number of benzene rings is 1. The lowest BCUT2D eigenvalue weighted by Gasteiger charge is -2.41. The maximum absolute atomic E-state index is 14.9. The number of nitrogens with one attached hydrogen (secondary N) is 7. The van der Waals surface area contributed by atoms with Gasteiger partial charge in [-0.15, -0.1) is 0 Å². The van der Waals surface area contributed by atoms with Gasteiger partial charge in [0.1, 0.15) is 36.8 Å². The summed E-state index contributed by atoms with van der Waals surface area (Å²) in [4.78, 5) is 141. The minimum atomic E-state index is -3.95. The van der Waals surface area contributed by atoms with Crippen LogP contribution in [0.2, 0.25) is 0 Å². The van der Waals surface area contributed by atoms with E-state index in [0.29, 0.717) is 68.4 Å². The number of ether oxygens (including phenoxy) is 3. The molecule has 1 saturated heterocycles. The lowest BCUT2D eigenvalue weighted by Crippen LogP contribution is -2.60. The second kappa shape index (κ2) is 41.0. The summed E-state index contributed by atoms with van der Waals surface area (Å²) < 4.78 is 45.7. The number of hydrogen-bond donors (Lipinski definition) is 9. The van der Waals surface area contributed by atoms with Crippen molar-refractivity contribution in [1.82, 2.24) is 46.0 Å². The average molecular weight is 1370 g/mol. The molecule has 1 aliphatic carbocycles. The van der Waals surface area contributed by atoms with Gasteiger partial charge in [-0.1, -0.05) is 118 Å². The van der Waals surface area contributed by atoms with Crippen molar-refractivity contribution in [3.05, 3.63) is 66.3 Å². The fourth-order valence-electron chi connectivity index (χ4n) is 11.9. The van der Waals surface area contributed by atoms with Crippen LogP contribution in [0.5, 0.6) is 0 Å². The largest absolute Gasteiger partial charge is 0.445 e. The molecule has 0 unspecified atom stereocenters. The van der Waals surface area contributed by atoms with Gasteiger partial charge in [-0.05, 0) is 112 Å². The highest BCUT2D eigenvalue weighted by molar-refractivity contribution is 7.90. The number of allylic oxidation sites excluding steroid dienone is 4. The van der Waals surface area contributed by atoms with Crippen molar-refractivity contribution in [1.29, 1.82) is 0 Å². The van der Waals surface area contributed by atoms with E-state index < -0.39 is 135 Å². The maximum Gasteiger partial charge on any atom is 0.410 e. The monoisotopic (exact) mass is 1370 g/mol. The fourth-order valence-corrected chi connectivity index (χ4v) is 13.2. The van der Waals surface area contributed by atoms with E-state index >= 15 is 0 Å². The van der Waals surface area contributed by atoms with E-state index in [9.17, 15) is 56.4 Å². The smallest absolute Gasteiger partial charge is 0.410 e. The first kappa shape index (κ1) is 82.8. The van der Waals surface area contributed by atoms with E-state index in [-0.39, 0.29) is 68.9 Å². The predicted molar refractivity (Wildman–Crippen MR) is 367 cm³/mol. The Bertz CT molecular complexity index is 2940. The number of urea groups is 1. The Balaban J connectivity index is 1.75. The van der Waals surface area contributed by atoms with E-state index in [1.807, 2.05) is 13.8 Å². The van der Waals surface area contributed by atoms with Crippen LogP contribution in [0.25, 0.3) is 0 Å². The predicted octanol–water partition coefficient (Wildman–Crippen LogP) is 5.04. The number of methoxy groups -OCH3 is 2. The molecule has 2 aliphatic rings. The molecule has 1 aromatic rings. The average Bonchev–Trinajstić information content (AvgIpc) is 1.58. The first-order valence-corrected chi connectivity index (χ1v) is 35.2. The van der Waals surface area contributed by atoms with Crippen LogP contribution in [-0.4, -0.2) is 190 Å². The highest BCUT2D eigenvalue weighted by Gasteiger charge is 2.45. The molecule has 0 spiro atoms. The Morgan fingerprint density at radius 3 is 1.95 bits per heavy atom. The SMILES string of the molecule is C=C/C=C(\C=C/C)C[C@H](NC(=O)[C@H](C)[C@@H](OC)[C@@H]1CCCN1C(=O)C[C@@H](OC)[C@H]([C@@H](C)CC)N(C)C(=O)[C@@H](NC(=O)[C@H](C(C)C)N(C)C(=O)OCc1ccc(NC(=O)[C@H](CCCNC(N)=O)NC(=O)[C@@H](NC(=O)CCCCCN)C(C)C)cc1)C(C)C)C(=O)NS(=O)(=O)C1CC1. The van der Waals surface area contributed by atoms with E-state index in [4.69, 9.17) is 25.7 Å². The van der Waals surface area contributed by atoms with E-state index in [0.717, 1.165) is 12.8 Å². The van der Waals surface area contributed by atoms with E-state index in [2.05, 4.69) is 43.2 Å². The van der Waals surface area contributed by atoms with Gasteiger partial charge in [0, 0.05) is 59.9 Å². The number of likely N-dealkylation sites (N-methyl/N-ethyl adjacent to an activating group) is 2. The normalized spacial score (nSPS) is 17.4. The Kier molecular flexibility index (Phi) is 35.3. The number of primary amides is 1. The van der Waals surface area contributed by atoms with Crippen LogP contribution in [0.4, 0.5) is 15.3 Å². The first-order valence-electron chi connectivity index (χ1n) is 33.7. The zero-order valence-corrected chi connectivity index (χ0v) is 59.9. The summed E-state index contributed by atoms with van der Waals surface area (Å²) in [6, 6.07) is -1.09. The third-order valence-corrected chi connectivity index (χ3v) is 19.5. The summed E-state index contributed by atoms with van der Waals surface area (Å²) >= 11 is 0. The summed E-state index contributed by atoms with van der Waals surface area (Å²) in [7, 11) is 1.98. The molecule has 3 rings (SSSR count). The molecule has 11 N–H and O–H groups in total. The van der Waals surface area contributed by atoms with Crippen molar-refractivity contribution in [3.8, 4) is 0 Å². The number of carbonyl (C=O) groups excluding carboxylic acids is 10. The Morgan fingerprint density at radius 1 is 0.750 bits per heavy atom. The molecular weight excluding hydrogens is 1260 g/mol. The van der Waals surface area contributed by atoms with Crippen molar-refractivity contribution < 1.29 is 70.6 Å². The molecule has 96 heavy (non-hydrogen) atoms. The van der Waals surface area contributed by atoms with Crippen LogP contribution in [-0.2, 0) is 69.2 Å². The molecule has 28 heteroatoms. The molecule has 1 heterocycles. The Hall–Kier alpha value is -7.43. The minimum Gasteiger partial charge on any atom is -0.445 e. The van der Waals surface area contributed by atoms with Gasteiger partial charge in [0.15, 0.2) is 0 Å². The maximum atomic E-state index is 14.9. The number of hydrogen-bond acceptors (Lipinski definition) is 16. The molecule has 11 atom stereocenters. The minimum absolute atomic E-state index is 0.0379. The Labute approximate surface area is 569 Å². The standard InChI is InChI=1S/C68H112N12O15S/c1-16-24-46(25-17-2)38-51(63(85)77-96(91,92)49-33-34-49)74-61(83)45(11)60(94-15)52-27-23-37-80(52)55(82)39-53(93-14)59(44(10)18-3)78(12)66(88)57(42(6)7)76-65(87)58(43(8)9)79(13)68(90)95-40-47-29-31-48(32-30-47)72-62(84)50(26-22-36-71-67(70)89)73-64(86)56(41(4)5)75-54(81)28-20-19-21-35-69/h16-17,24-25,29-32,41-45,49-53,56-60H,1,18-23,26-28,33-40,69H2,2-15H3,(H,72,84)(H,73,86)(H,74,83)(H,75,81)(H,76,87)(H,77,85)(H3,70,71,89)/b25-17-,46-24+/t44-,45+,50-,51-,52-,53+,56-,57-,58-,59-,60+/m0/s1. The first-order chi connectivity index (χ1) is 45.3. The van der Waals surface area contributed by atoms with Gasteiger partial charge in [-0.3, -0.25) is 48.0 Å². The van der Waals surface area contributed by atoms with Crippen LogP contribution in [0, 0.1) is 29.6 Å². The topological polar surface area (TPSA) is 378 Å². The van der Waals surface area contributed by atoms with Crippen molar-refractivity contribution in [2.75, 3.05) is 53.3 Å². The fraction of sp³-hybridized carbons (Fsp3) is 0.676. The summed E-state index contributed by atoms with van der Waals surface area (Å²) in [5.41, 5.74) is 12.3. The summed E-state index contributed by atoms with van der Waals surface area (Å²) in [5.74, 6) is -6.65. The van der Waals surface area contributed by atoms with Crippen molar-refractivity contribution in [2.45, 2.75) is 219 Å². The molecular formula is C68H112N12O15S. The molecule has 1 saturated carbocycles. The molecule has 11 amide bonds. The van der Waals surface area contributed by atoms with Crippen molar-refractivity contribution in [2.24, 2.45) is 41.1 Å². The van der Waals surface area contributed by atoms with E-state index in [1.165, 1.54) is 37.1 Å². The van der Waals surface area contributed by atoms with Gasteiger partial charge >= 0.3 is 12.1 Å². The van der Waals surface area contributed by atoms with Crippen LogP contribution in [0.3, 0.4) is 0 Å². The lowest BCUT2D eigenvalue weighted by atomic mass is 9.89. The number of rotatable bonds is 42. The zero-order chi connectivity index (χ0) is 72.1. The molecule has 0 aromatic heterocycles. The molecule has 1 aromatic carbocycles. The molecule has 0 radical (unpaired) electrons. The second-order valence-corrected chi connectivity index (χ2v) is 28.2. The highest BCUT2D eigenvalue weighted by atomic mass is 32.2. The number of likely N-dealkylation sites (tertiary alicyclic amines) is 1. The summed E-state index contributed by atoms with van der Waals surface area (Å²) in [6.45, 7) is 22.4. The van der Waals surface area contributed by atoms with Crippen LogP contribution in [0.1, 0.15) is 158 Å². The number of sulfonamides is 1. The van der Waals surface area contributed by atoms with Gasteiger partial charge in [-0.2, -0.15) is 0 Å². The van der Waals surface area contributed by atoms with Crippen molar-refractivity contribution in [3.63, 3.8) is 0 Å². The third-order valence-electron chi connectivity index (χ3n) is 17.6. The highest BCUT2D eigenvalue weighted by Crippen LogP contribution is 2.31. The van der Waals surface area contributed by atoms with Crippen molar-refractivity contribution >= 4 is 75.1 Å². The number of amides is 11.